The van der Waals surface area contributed by atoms with Gasteiger partial charge in [-0.05, 0) is 48.8 Å². The van der Waals surface area contributed by atoms with E-state index in [4.69, 9.17) is 9.15 Å². The van der Waals surface area contributed by atoms with E-state index in [2.05, 4.69) is 15.6 Å². The average molecular weight is 446 g/mol. The maximum absolute atomic E-state index is 12.5. The van der Waals surface area contributed by atoms with Crippen molar-refractivity contribution >= 4 is 50.6 Å². The van der Waals surface area contributed by atoms with Crippen molar-refractivity contribution in [3.8, 4) is 0 Å². The Morgan fingerprint density at radius 3 is 2.77 bits per heavy atom. The standard InChI is InChI=1S/C20H19N3O5S2/c1-2-27-19(26)16-13(11-5-6-11)10-29-18(16)22-15(24)8-12-9-30-20(21-12)23-17(25)14-4-3-7-28-14/h3-4,7,9-11H,2,5-6,8H2,1H3,(H,22,24)(H,21,23,25). The predicted octanol–water partition coefficient (Wildman–Crippen LogP) is 4.29. The number of nitrogens with zero attached hydrogens (tertiary/aromatic N) is 1. The first kappa shape index (κ1) is 20.3. The van der Waals surface area contributed by atoms with Crippen LogP contribution >= 0.6 is 22.7 Å². The van der Waals surface area contributed by atoms with Crippen molar-refractivity contribution in [2.24, 2.45) is 0 Å². The van der Waals surface area contributed by atoms with Gasteiger partial charge in [0.2, 0.25) is 5.91 Å². The molecule has 0 bridgehead atoms. The number of nitrogens with one attached hydrogen (secondary N) is 2. The molecule has 2 N–H and O–H groups in total. The van der Waals surface area contributed by atoms with Crippen LogP contribution in [-0.4, -0.2) is 29.4 Å². The lowest BCUT2D eigenvalue weighted by Crippen LogP contribution is -2.17. The SMILES string of the molecule is CCOC(=O)c1c(C2CC2)csc1NC(=O)Cc1csc(NC(=O)c2ccco2)n1. The number of esters is 1. The Morgan fingerprint density at radius 2 is 2.07 bits per heavy atom. The molecule has 8 nitrogen and oxygen atoms in total. The van der Waals surface area contributed by atoms with Crippen molar-refractivity contribution in [3.05, 3.63) is 51.7 Å². The van der Waals surface area contributed by atoms with Crippen LogP contribution in [0.15, 0.2) is 33.6 Å². The molecule has 30 heavy (non-hydrogen) atoms. The molecule has 0 aromatic carbocycles. The predicted molar refractivity (Wildman–Crippen MR) is 113 cm³/mol. The molecule has 2 amide bonds. The fourth-order valence-corrected chi connectivity index (χ4v) is 4.67. The van der Waals surface area contributed by atoms with Gasteiger partial charge in [0.1, 0.15) is 5.00 Å². The van der Waals surface area contributed by atoms with Gasteiger partial charge in [0, 0.05) is 5.38 Å². The van der Waals surface area contributed by atoms with Crippen LogP contribution in [0.25, 0.3) is 0 Å². The number of ether oxygens (including phenoxy) is 1. The van der Waals surface area contributed by atoms with Crippen LogP contribution in [0.4, 0.5) is 10.1 Å². The summed E-state index contributed by atoms with van der Waals surface area (Å²) in [7, 11) is 0. The molecule has 0 aliphatic heterocycles. The highest BCUT2D eigenvalue weighted by atomic mass is 32.1. The molecule has 156 valence electrons. The van der Waals surface area contributed by atoms with Crippen LogP contribution in [0, 0.1) is 0 Å². The molecular formula is C20H19N3O5S2. The summed E-state index contributed by atoms with van der Waals surface area (Å²) in [4.78, 5) is 41.2. The highest BCUT2D eigenvalue weighted by Crippen LogP contribution is 2.46. The van der Waals surface area contributed by atoms with Crippen molar-refractivity contribution in [1.29, 1.82) is 0 Å². The van der Waals surface area contributed by atoms with E-state index >= 15 is 0 Å². The van der Waals surface area contributed by atoms with Crippen molar-refractivity contribution < 1.29 is 23.5 Å². The summed E-state index contributed by atoms with van der Waals surface area (Å²) in [6, 6.07) is 3.17. The van der Waals surface area contributed by atoms with Gasteiger partial charge in [-0.3, -0.25) is 14.9 Å². The highest BCUT2D eigenvalue weighted by molar-refractivity contribution is 7.15. The van der Waals surface area contributed by atoms with E-state index in [0.717, 1.165) is 18.4 Å². The Hall–Kier alpha value is -2.98. The average Bonchev–Trinajstić information content (AvgIpc) is 3.10. The van der Waals surface area contributed by atoms with Gasteiger partial charge < -0.3 is 14.5 Å². The molecule has 0 saturated heterocycles. The maximum Gasteiger partial charge on any atom is 0.341 e. The molecular weight excluding hydrogens is 426 g/mol. The van der Waals surface area contributed by atoms with Gasteiger partial charge >= 0.3 is 5.97 Å². The zero-order valence-electron chi connectivity index (χ0n) is 16.1. The normalized spacial score (nSPS) is 13.1. The Balaban J connectivity index is 1.40. The van der Waals surface area contributed by atoms with Crippen LogP contribution in [0.1, 0.15) is 57.9 Å². The number of thiazole rings is 1. The minimum atomic E-state index is -0.410. The van der Waals surface area contributed by atoms with E-state index in [1.807, 2.05) is 5.38 Å². The molecule has 3 aromatic rings. The molecule has 4 rings (SSSR count). The summed E-state index contributed by atoms with van der Waals surface area (Å²) in [5.41, 5.74) is 1.93. The minimum absolute atomic E-state index is 0.0199. The summed E-state index contributed by atoms with van der Waals surface area (Å²) in [6.07, 6.45) is 3.52. The van der Waals surface area contributed by atoms with Gasteiger partial charge in [0.15, 0.2) is 10.9 Å². The molecule has 1 aliphatic rings. The van der Waals surface area contributed by atoms with E-state index in [9.17, 15) is 14.4 Å². The van der Waals surface area contributed by atoms with Crippen LogP contribution in [-0.2, 0) is 16.0 Å². The molecule has 3 aromatic heterocycles. The number of thiophene rings is 1. The molecule has 1 saturated carbocycles. The fraction of sp³-hybridized carbons (Fsp3) is 0.300. The number of aromatic nitrogens is 1. The van der Waals surface area contributed by atoms with E-state index < -0.39 is 11.9 Å². The fourth-order valence-electron chi connectivity index (χ4n) is 2.92. The van der Waals surface area contributed by atoms with Crippen LogP contribution < -0.4 is 10.6 Å². The van der Waals surface area contributed by atoms with E-state index in [-0.39, 0.29) is 24.7 Å². The monoisotopic (exact) mass is 445 g/mol. The number of carbonyl (C=O) groups excluding carboxylic acids is 3. The molecule has 1 fully saturated rings. The van der Waals surface area contributed by atoms with Gasteiger partial charge in [0.25, 0.3) is 5.91 Å². The van der Waals surface area contributed by atoms with Gasteiger partial charge in [-0.25, -0.2) is 9.78 Å². The molecule has 1 aliphatic carbocycles. The zero-order chi connectivity index (χ0) is 21.1. The number of hydrogen-bond acceptors (Lipinski definition) is 8. The lowest BCUT2D eigenvalue weighted by Gasteiger charge is -2.07. The summed E-state index contributed by atoms with van der Waals surface area (Å²) in [6.45, 7) is 2.03. The number of hydrogen-bond donors (Lipinski definition) is 2. The Morgan fingerprint density at radius 1 is 1.23 bits per heavy atom. The molecule has 0 radical (unpaired) electrons. The minimum Gasteiger partial charge on any atom is -0.462 e. The molecule has 0 spiro atoms. The Kier molecular flexibility index (Phi) is 5.96. The first-order valence-corrected chi connectivity index (χ1v) is 11.2. The number of anilines is 2. The third kappa shape index (κ3) is 4.60. The third-order valence-corrected chi connectivity index (χ3v) is 6.15. The smallest absolute Gasteiger partial charge is 0.341 e. The number of furan rings is 1. The summed E-state index contributed by atoms with van der Waals surface area (Å²) < 4.78 is 10.2. The summed E-state index contributed by atoms with van der Waals surface area (Å²) in [5.74, 6) is -0.563. The second-order valence-corrected chi connectivity index (χ2v) is 8.43. The highest BCUT2D eigenvalue weighted by Gasteiger charge is 2.32. The first-order valence-electron chi connectivity index (χ1n) is 9.42. The quantitative estimate of drug-likeness (QED) is 0.501. The lowest BCUT2D eigenvalue weighted by atomic mass is 10.1. The third-order valence-electron chi connectivity index (χ3n) is 4.43. The summed E-state index contributed by atoms with van der Waals surface area (Å²) >= 11 is 2.55. The maximum atomic E-state index is 12.5. The first-order chi connectivity index (χ1) is 14.5. The second kappa shape index (κ2) is 8.80. The van der Waals surface area contributed by atoms with Crippen molar-refractivity contribution in [2.45, 2.75) is 32.1 Å². The zero-order valence-corrected chi connectivity index (χ0v) is 17.7. The van der Waals surface area contributed by atoms with E-state index in [1.54, 1.807) is 24.4 Å². The van der Waals surface area contributed by atoms with Crippen molar-refractivity contribution in [1.82, 2.24) is 4.98 Å². The number of carbonyl (C=O) groups is 3. The number of amides is 2. The van der Waals surface area contributed by atoms with Gasteiger partial charge in [-0.2, -0.15) is 0 Å². The second-order valence-electron chi connectivity index (χ2n) is 6.69. The molecule has 0 atom stereocenters. The van der Waals surface area contributed by atoms with Gasteiger partial charge in [-0.15, -0.1) is 22.7 Å². The van der Waals surface area contributed by atoms with Gasteiger partial charge in [-0.1, -0.05) is 0 Å². The number of rotatable bonds is 8. The lowest BCUT2D eigenvalue weighted by molar-refractivity contribution is -0.115. The van der Waals surface area contributed by atoms with Crippen LogP contribution in [0.3, 0.4) is 0 Å². The van der Waals surface area contributed by atoms with Crippen molar-refractivity contribution in [2.75, 3.05) is 17.2 Å². The molecule has 0 unspecified atom stereocenters. The topological polar surface area (TPSA) is 111 Å². The van der Waals surface area contributed by atoms with Gasteiger partial charge in [0.05, 0.1) is 30.5 Å². The molecule has 3 heterocycles. The molecule has 10 heteroatoms. The van der Waals surface area contributed by atoms with Crippen LogP contribution in [0.5, 0.6) is 0 Å². The largest absolute Gasteiger partial charge is 0.462 e. The van der Waals surface area contributed by atoms with Crippen LogP contribution in [0.2, 0.25) is 0 Å². The summed E-state index contributed by atoms with van der Waals surface area (Å²) in [5, 5.41) is 9.95. The Labute approximate surface area is 180 Å². The van der Waals surface area contributed by atoms with E-state index in [1.165, 1.54) is 28.9 Å². The van der Waals surface area contributed by atoms with Crippen molar-refractivity contribution in [3.63, 3.8) is 0 Å². The Bertz CT molecular complexity index is 1070. The van der Waals surface area contributed by atoms with E-state index in [0.29, 0.717) is 27.3 Å².